The van der Waals surface area contributed by atoms with Crippen LogP contribution in [-0.2, 0) is 0 Å². The molecule has 56 valence electrons. The zero-order chi connectivity index (χ0) is 7.56. The maximum absolute atomic E-state index is 2.33. The van der Waals surface area contributed by atoms with Crippen LogP contribution in [0.1, 0.15) is 20.8 Å². The van der Waals surface area contributed by atoms with Gasteiger partial charge in [0.25, 0.3) is 0 Å². The van der Waals surface area contributed by atoms with E-state index in [4.69, 9.17) is 0 Å². The van der Waals surface area contributed by atoms with E-state index in [0.717, 1.165) is 6.54 Å². The zero-order valence-electron chi connectivity index (χ0n) is 6.96. The van der Waals surface area contributed by atoms with Gasteiger partial charge in [-0.15, -0.1) is 0 Å². The summed E-state index contributed by atoms with van der Waals surface area (Å²) in [5, 5.41) is 0. The van der Waals surface area contributed by atoms with Gasteiger partial charge >= 0.3 is 0 Å². The molecule has 0 saturated heterocycles. The number of allylic oxidation sites excluding steroid dienone is 2. The van der Waals surface area contributed by atoms with Crippen LogP contribution in [0.5, 0.6) is 0 Å². The summed E-state index contributed by atoms with van der Waals surface area (Å²) < 4.78 is 0. The van der Waals surface area contributed by atoms with Crippen molar-refractivity contribution in [3.63, 3.8) is 0 Å². The number of hydrogen-bond donors (Lipinski definition) is 0. The Kier molecular flexibility index (Phi) is 2.15. The summed E-state index contributed by atoms with van der Waals surface area (Å²) in [7, 11) is 0. The second-order valence-corrected chi connectivity index (χ2v) is 3.12. The van der Waals surface area contributed by atoms with Crippen LogP contribution in [0.25, 0.3) is 0 Å². The first-order valence-electron chi connectivity index (χ1n) is 3.80. The van der Waals surface area contributed by atoms with Crippen molar-refractivity contribution in [2.45, 2.75) is 26.8 Å². The summed E-state index contributed by atoms with van der Waals surface area (Å²) in [5.41, 5.74) is 1.44. The van der Waals surface area contributed by atoms with Crippen LogP contribution in [0.3, 0.4) is 0 Å². The van der Waals surface area contributed by atoms with Crippen molar-refractivity contribution in [3.8, 4) is 0 Å². The highest BCUT2D eigenvalue weighted by molar-refractivity contribution is 5.17. The van der Waals surface area contributed by atoms with Gasteiger partial charge in [0.05, 0.1) is 0 Å². The van der Waals surface area contributed by atoms with Gasteiger partial charge in [0, 0.05) is 12.6 Å². The molecule has 0 amide bonds. The lowest BCUT2D eigenvalue weighted by Crippen LogP contribution is -2.28. The first-order chi connectivity index (χ1) is 4.70. The van der Waals surface area contributed by atoms with E-state index in [2.05, 4.69) is 44.0 Å². The lowest BCUT2D eigenvalue weighted by molar-refractivity contribution is 0.332. The summed E-state index contributed by atoms with van der Waals surface area (Å²) in [6.07, 6.45) is 6.43. The summed E-state index contributed by atoms with van der Waals surface area (Å²) in [4.78, 5) is 2.33. The molecule has 0 aromatic heterocycles. The Morgan fingerprint density at radius 2 is 2.20 bits per heavy atom. The van der Waals surface area contributed by atoms with E-state index in [-0.39, 0.29) is 0 Å². The molecule has 0 aromatic rings. The fourth-order valence-electron chi connectivity index (χ4n) is 1.07. The van der Waals surface area contributed by atoms with E-state index in [0.29, 0.717) is 6.04 Å². The molecule has 0 unspecified atom stereocenters. The van der Waals surface area contributed by atoms with E-state index >= 15 is 0 Å². The Balaban J connectivity index is 2.55. The largest absolute Gasteiger partial charge is 0.371 e. The third-order valence-corrected chi connectivity index (χ3v) is 1.75. The monoisotopic (exact) mass is 137 g/mol. The van der Waals surface area contributed by atoms with Gasteiger partial charge in [0.2, 0.25) is 0 Å². The lowest BCUT2D eigenvalue weighted by Gasteiger charge is -2.27. The smallest absolute Gasteiger partial charge is 0.0386 e. The predicted octanol–water partition coefficient (Wildman–Crippen LogP) is 2.17. The highest BCUT2D eigenvalue weighted by atomic mass is 15.1. The summed E-state index contributed by atoms with van der Waals surface area (Å²) in [5.74, 6) is 0. The Morgan fingerprint density at radius 1 is 1.50 bits per heavy atom. The molecule has 1 nitrogen and oxygen atoms in total. The van der Waals surface area contributed by atoms with Crippen LogP contribution < -0.4 is 0 Å². The van der Waals surface area contributed by atoms with Crippen LogP contribution >= 0.6 is 0 Å². The molecule has 1 heterocycles. The summed E-state index contributed by atoms with van der Waals surface area (Å²) in [6, 6.07) is 0.625. The quantitative estimate of drug-likeness (QED) is 0.535. The third-order valence-electron chi connectivity index (χ3n) is 1.75. The average Bonchev–Trinajstić information content (AvgIpc) is 1.88. The van der Waals surface area contributed by atoms with Crippen molar-refractivity contribution in [2.75, 3.05) is 6.54 Å². The van der Waals surface area contributed by atoms with Crippen LogP contribution in [0, 0.1) is 0 Å². The minimum absolute atomic E-state index is 0.625. The standard InChI is InChI=1S/C9H15N/c1-8(2)10-6-4-5-9(3)7-10/h4-6,8H,7H2,1-3H3. The second kappa shape index (κ2) is 2.91. The Labute approximate surface area is 63.0 Å². The van der Waals surface area contributed by atoms with Crippen molar-refractivity contribution < 1.29 is 0 Å². The zero-order valence-corrected chi connectivity index (χ0v) is 6.96. The predicted molar refractivity (Wildman–Crippen MR) is 44.7 cm³/mol. The van der Waals surface area contributed by atoms with E-state index < -0.39 is 0 Å². The van der Waals surface area contributed by atoms with Crippen LogP contribution in [-0.4, -0.2) is 17.5 Å². The highest BCUT2D eigenvalue weighted by Gasteiger charge is 2.06. The van der Waals surface area contributed by atoms with Crippen LogP contribution in [0.2, 0.25) is 0 Å². The number of hydrogen-bond acceptors (Lipinski definition) is 1. The summed E-state index contributed by atoms with van der Waals surface area (Å²) in [6.45, 7) is 7.68. The van der Waals surface area contributed by atoms with Crippen molar-refractivity contribution in [2.24, 2.45) is 0 Å². The van der Waals surface area contributed by atoms with Gasteiger partial charge < -0.3 is 4.90 Å². The van der Waals surface area contributed by atoms with Gasteiger partial charge in [-0.3, -0.25) is 0 Å². The molecule has 0 fully saturated rings. The Morgan fingerprint density at radius 3 is 2.60 bits per heavy atom. The first kappa shape index (κ1) is 7.39. The molecule has 0 N–H and O–H groups in total. The van der Waals surface area contributed by atoms with Gasteiger partial charge in [0.15, 0.2) is 0 Å². The lowest BCUT2D eigenvalue weighted by atomic mass is 10.2. The van der Waals surface area contributed by atoms with Gasteiger partial charge in [-0.25, -0.2) is 0 Å². The van der Waals surface area contributed by atoms with Crippen molar-refractivity contribution >= 4 is 0 Å². The Bertz CT molecular complexity index is 166. The van der Waals surface area contributed by atoms with Gasteiger partial charge in [-0.2, -0.15) is 0 Å². The molecule has 0 aromatic carbocycles. The molecular weight excluding hydrogens is 122 g/mol. The van der Waals surface area contributed by atoms with Gasteiger partial charge in [-0.1, -0.05) is 11.6 Å². The molecule has 1 heteroatoms. The molecular formula is C9H15N. The first-order valence-corrected chi connectivity index (χ1v) is 3.80. The second-order valence-electron chi connectivity index (χ2n) is 3.12. The van der Waals surface area contributed by atoms with Crippen molar-refractivity contribution in [1.82, 2.24) is 4.90 Å². The maximum atomic E-state index is 2.33. The highest BCUT2D eigenvalue weighted by Crippen LogP contribution is 2.09. The minimum Gasteiger partial charge on any atom is -0.371 e. The van der Waals surface area contributed by atoms with E-state index in [9.17, 15) is 0 Å². The molecule has 10 heavy (non-hydrogen) atoms. The molecule has 0 atom stereocenters. The number of nitrogens with zero attached hydrogens (tertiary/aromatic N) is 1. The topological polar surface area (TPSA) is 3.24 Å². The molecule has 0 aliphatic carbocycles. The van der Waals surface area contributed by atoms with E-state index in [1.54, 1.807) is 0 Å². The molecule has 0 radical (unpaired) electrons. The summed E-state index contributed by atoms with van der Waals surface area (Å²) >= 11 is 0. The minimum atomic E-state index is 0.625. The number of rotatable bonds is 1. The molecule has 0 bridgehead atoms. The van der Waals surface area contributed by atoms with Crippen LogP contribution in [0.15, 0.2) is 23.9 Å². The van der Waals surface area contributed by atoms with Crippen LogP contribution in [0.4, 0.5) is 0 Å². The molecule has 0 saturated carbocycles. The van der Waals surface area contributed by atoms with Crippen molar-refractivity contribution in [3.05, 3.63) is 23.9 Å². The average molecular weight is 137 g/mol. The maximum Gasteiger partial charge on any atom is 0.0386 e. The van der Waals surface area contributed by atoms with E-state index in [1.807, 2.05) is 0 Å². The SMILES string of the molecule is CC1=CC=CN(C(C)C)C1. The van der Waals surface area contributed by atoms with Gasteiger partial charge in [0.1, 0.15) is 0 Å². The molecule has 1 rings (SSSR count). The van der Waals surface area contributed by atoms with Gasteiger partial charge in [-0.05, 0) is 33.0 Å². The Hall–Kier alpha value is -0.720. The molecule has 1 aliphatic heterocycles. The normalized spacial score (nSPS) is 18.0. The fourth-order valence-corrected chi connectivity index (χ4v) is 1.07. The fraction of sp³-hybridized carbons (Fsp3) is 0.556. The molecule has 1 aliphatic rings. The molecule has 0 spiro atoms. The van der Waals surface area contributed by atoms with E-state index in [1.165, 1.54) is 5.57 Å². The third kappa shape index (κ3) is 1.63. The van der Waals surface area contributed by atoms with Crippen molar-refractivity contribution in [1.29, 1.82) is 0 Å².